The molecule has 2 nitrogen and oxygen atoms in total. The van der Waals surface area contributed by atoms with E-state index in [4.69, 9.17) is 5.26 Å². The molecule has 0 aliphatic rings. The van der Waals surface area contributed by atoms with Gasteiger partial charge < -0.3 is 5.11 Å². The minimum Gasteiger partial charge on any atom is -0.381 e. The number of benzene rings is 2. The van der Waals surface area contributed by atoms with Crippen molar-refractivity contribution in [1.82, 2.24) is 0 Å². The quantitative estimate of drug-likeness (QED) is 0.899. The van der Waals surface area contributed by atoms with E-state index in [-0.39, 0.29) is 0 Å². The number of nitrogens with zero attached hydrogens (tertiary/aromatic N) is 1. The van der Waals surface area contributed by atoms with Crippen molar-refractivity contribution in [2.45, 2.75) is 33.3 Å². The third kappa shape index (κ3) is 2.45. The van der Waals surface area contributed by atoms with Crippen molar-refractivity contribution in [2.75, 3.05) is 0 Å². The summed E-state index contributed by atoms with van der Waals surface area (Å²) in [7, 11) is 0. The van der Waals surface area contributed by atoms with Crippen LogP contribution in [0.4, 0.5) is 0 Å². The lowest BCUT2D eigenvalue weighted by Crippen LogP contribution is -2.24. The second-order valence-electron chi connectivity index (χ2n) is 5.51. The molecule has 2 aromatic carbocycles. The molecule has 1 unspecified atom stereocenters. The molecule has 0 aliphatic carbocycles. The van der Waals surface area contributed by atoms with E-state index < -0.39 is 5.60 Å². The van der Waals surface area contributed by atoms with Crippen LogP contribution in [0.5, 0.6) is 0 Å². The normalized spacial score (nSPS) is 13.6. The molecule has 0 heterocycles. The second-order valence-corrected chi connectivity index (χ2v) is 5.51. The van der Waals surface area contributed by atoms with Crippen LogP contribution in [0, 0.1) is 32.1 Å². The maximum Gasteiger partial charge on any atom is 0.112 e. The first-order valence-corrected chi connectivity index (χ1v) is 6.67. The number of aryl methyl sites for hydroxylation is 3. The highest BCUT2D eigenvalue weighted by molar-refractivity contribution is 5.45. The zero-order valence-corrected chi connectivity index (χ0v) is 12.4. The summed E-state index contributed by atoms with van der Waals surface area (Å²) >= 11 is 0. The van der Waals surface area contributed by atoms with Gasteiger partial charge in [0.1, 0.15) is 5.60 Å². The lowest BCUT2D eigenvalue weighted by atomic mass is 9.83. The predicted octanol–water partition coefficient (Wildman–Crippen LogP) is 3.74. The van der Waals surface area contributed by atoms with E-state index >= 15 is 0 Å². The Balaban J connectivity index is 2.54. The van der Waals surface area contributed by atoms with Crippen molar-refractivity contribution in [3.63, 3.8) is 0 Å². The van der Waals surface area contributed by atoms with Gasteiger partial charge in [0.15, 0.2) is 0 Å². The topological polar surface area (TPSA) is 44.0 Å². The number of rotatable bonds is 2. The largest absolute Gasteiger partial charge is 0.381 e. The maximum absolute atomic E-state index is 10.9. The molecule has 0 bridgehead atoms. The van der Waals surface area contributed by atoms with E-state index in [1.165, 1.54) is 11.1 Å². The zero-order valence-electron chi connectivity index (χ0n) is 12.4. The highest BCUT2D eigenvalue weighted by Crippen LogP contribution is 2.32. The van der Waals surface area contributed by atoms with Gasteiger partial charge in [-0.2, -0.15) is 5.26 Å². The van der Waals surface area contributed by atoms with Gasteiger partial charge in [-0.25, -0.2) is 0 Å². The van der Waals surface area contributed by atoms with Gasteiger partial charge in [0, 0.05) is 0 Å². The van der Waals surface area contributed by atoms with Crippen LogP contribution in [0.15, 0.2) is 36.4 Å². The minimum atomic E-state index is -1.06. The summed E-state index contributed by atoms with van der Waals surface area (Å²) in [6, 6.07) is 13.3. The molecule has 102 valence electrons. The summed E-state index contributed by atoms with van der Waals surface area (Å²) in [6.07, 6.45) is 0. The first kappa shape index (κ1) is 14.3. The summed E-state index contributed by atoms with van der Waals surface area (Å²) in [5.41, 5.74) is 4.70. The average Bonchev–Trinajstić information content (AvgIpc) is 2.42. The van der Waals surface area contributed by atoms with Crippen molar-refractivity contribution in [2.24, 2.45) is 0 Å². The summed E-state index contributed by atoms with van der Waals surface area (Å²) in [5.74, 6) is 0. The third-order valence-corrected chi connectivity index (χ3v) is 3.94. The molecule has 2 heteroatoms. The molecule has 0 amide bonds. The Kier molecular flexibility index (Phi) is 3.65. The highest BCUT2D eigenvalue weighted by Gasteiger charge is 2.27. The fourth-order valence-electron chi connectivity index (χ4n) is 2.51. The average molecular weight is 265 g/mol. The van der Waals surface area contributed by atoms with Crippen LogP contribution in [0.3, 0.4) is 0 Å². The third-order valence-electron chi connectivity index (χ3n) is 3.94. The highest BCUT2D eigenvalue weighted by atomic mass is 16.3. The number of nitriles is 1. The van der Waals surface area contributed by atoms with Gasteiger partial charge in [-0.05, 0) is 67.6 Å². The number of hydrogen-bond donors (Lipinski definition) is 1. The molecule has 0 spiro atoms. The van der Waals surface area contributed by atoms with Crippen LogP contribution < -0.4 is 0 Å². The molecule has 0 aliphatic heterocycles. The standard InChI is InChI=1S/C18H19NO/c1-12-9-14(3)17(10-13(12)2)18(4,20)16-7-5-15(11-19)6-8-16/h5-10,20H,1-4H3. The van der Waals surface area contributed by atoms with E-state index in [9.17, 15) is 5.11 Å². The fourth-order valence-corrected chi connectivity index (χ4v) is 2.51. The Morgan fingerprint density at radius 2 is 1.50 bits per heavy atom. The number of aliphatic hydroxyl groups is 1. The smallest absolute Gasteiger partial charge is 0.112 e. The Morgan fingerprint density at radius 1 is 0.950 bits per heavy atom. The van der Waals surface area contributed by atoms with Crippen LogP contribution in [0.1, 0.15) is 40.3 Å². The molecule has 20 heavy (non-hydrogen) atoms. The van der Waals surface area contributed by atoms with Gasteiger partial charge in [0.2, 0.25) is 0 Å². The molecular formula is C18H19NO. The Labute approximate surface area is 120 Å². The van der Waals surface area contributed by atoms with Crippen molar-refractivity contribution < 1.29 is 5.11 Å². The van der Waals surface area contributed by atoms with Gasteiger partial charge in [-0.15, -0.1) is 0 Å². The summed E-state index contributed by atoms with van der Waals surface area (Å²) < 4.78 is 0. The van der Waals surface area contributed by atoms with Crippen LogP contribution >= 0.6 is 0 Å². The first-order valence-electron chi connectivity index (χ1n) is 6.67. The Hall–Kier alpha value is -2.11. The maximum atomic E-state index is 10.9. The Morgan fingerprint density at radius 3 is 2.05 bits per heavy atom. The number of hydrogen-bond acceptors (Lipinski definition) is 2. The van der Waals surface area contributed by atoms with Gasteiger partial charge >= 0.3 is 0 Å². The van der Waals surface area contributed by atoms with E-state index in [2.05, 4.69) is 19.1 Å². The van der Waals surface area contributed by atoms with E-state index in [0.717, 1.165) is 16.7 Å². The van der Waals surface area contributed by atoms with Crippen molar-refractivity contribution >= 4 is 0 Å². The van der Waals surface area contributed by atoms with Crippen LogP contribution in [0.2, 0.25) is 0 Å². The molecule has 0 saturated heterocycles. The lowest BCUT2D eigenvalue weighted by molar-refractivity contribution is 0.101. The second kappa shape index (κ2) is 5.11. The predicted molar refractivity (Wildman–Crippen MR) is 80.5 cm³/mol. The van der Waals surface area contributed by atoms with Gasteiger partial charge in [-0.1, -0.05) is 24.3 Å². The molecule has 2 aromatic rings. The van der Waals surface area contributed by atoms with E-state index in [1.807, 2.05) is 32.0 Å². The molecular weight excluding hydrogens is 246 g/mol. The van der Waals surface area contributed by atoms with Crippen LogP contribution in [0.25, 0.3) is 0 Å². The van der Waals surface area contributed by atoms with Gasteiger partial charge in [0.05, 0.1) is 11.6 Å². The van der Waals surface area contributed by atoms with Gasteiger partial charge in [0.25, 0.3) is 0 Å². The fraction of sp³-hybridized carbons (Fsp3) is 0.278. The molecule has 0 aromatic heterocycles. The van der Waals surface area contributed by atoms with Crippen molar-refractivity contribution in [3.05, 3.63) is 69.8 Å². The van der Waals surface area contributed by atoms with Crippen LogP contribution in [-0.2, 0) is 5.60 Å². The molecule has 0 fully saturated rings. The lowest BCUT2D eigenvalue weighted by Gasteiger charge is -2.27. The molecule has 1 atom stereocenters. The molecule has 2 rings (SSSR count). The van der Waals surface area contributed by atoms with Crippen molar-refractivity contribution in [1.29, 1.82) is 5.26 Å². The minimum absolute atomic E-state index is 0.598. The van der Waals surface area contributed by atoms with Crippen molar-refractivity contribution in [3.8, 4) is 6.07 Å². The summed E-state index contributed by atoms with van der Waals surface area (Å²) in [4.78, 5) is 0. The zero-order chi connectivity index (χ0) is 14.9. The SMILES string of the molecule is Cc1cc(C)c(C(C)(O)c2ccc(C#N)cc2)cc1C. The molecule has 0 radical (unpaired) electrons. The van der Waals surface area contributed by atoms with Crippen LogP contribution in [-0.4, -0.2) is 5.11 Å². The summed E-state index contributed by atoms with van der Waals surface area (Å²) in [5, 5.41) is 19.8. The Bertz CT molecular complexity index is 676. The van der Waals surface area contributed by atoms with Gasteiger partial charge in [-0.3, -0.25) is 0 Å². The monoisotopic (exact) mass is 265 g/mol. The van der Waals surface area contributed by atoms with E-state index in [1.54, 1.807) is 19.1 Å². The first-order chi connectivity index (χ1) is 9.36. The molecule has 1 N–H and O–H groups in total. The van der Waals surface area contributed by atoms with E-state index in [0.29, 0.717) is 5.56 Å². The summed E-state index contributed by atoms with van der Waals surface area (Å²) in [6.45, 7) is 7.93. The molecule has 0 saturated carbocycles.